The summed E-state index contributed by atoms with van der Waals surface area (Å²) < 4.78 is 32.2. The maximum absolute atomic E-state index is 12.4. The number of piperazine rings is 1. The lowest BCUT2D eigenvalue weighted by atomic mass is 9.87. The minimum atomic E-state index is -3.51. The lowest BCUT2D eigenvalue weighted by molar-refractivity contribution is 0.0918. The smallest absolute Gasteiger partial charge is 0.409 e. The van der Waals surface area contributed by atoms with Crippen molar-refractivity contribution in [2.75, 3.05) is 46.4 Å². The topological polar surface area (TPSA) is 79.0 Å². The van der Waals surface area contributed by atoms with Gasteiger partial charge in [-0.3, -0.25) is 4.90 Å². The normalized spacial score (nSPS) is 16.5. The van der Waals surface area contributed by atoms with Crippen LogP contribution in [0.4, 0.5) is 4.79 Å². The van der Waals surface area contributed by atoms with Crippen LogP contribution in [-0.2, 0) is 20.2 Å². The number of amides is 1. The summed E-state index contributed by atoms with van der Waals surface area (Å²) in [6.07, 6.45) is -0.316. The number of rotatable bonds is 5. The number of carbonyl (C=O) groups excluding carboxylic acids is 1. The van der Waals surface area contributed by atoms with Crippen LogP contribution < -0.4 is 4.72 Å². The van der Waals surface area contributed by atoms with Gasteiger partial charge in [-0.15, -0.1) is 0 Å². The first-order valence-electron chi connectivity index (χ1n) is 8.79. The Balaban J connectivity index is 1.83. The van der Waals surface area contributed by atoms with Crippen molar-refractivity contribution in [3.8, 4) is 0 Å². The van der Waals surface area contributed by atoms with E-state index in [-0.39, 0.29) is 16.4 Å². The first kappa shape index (κ1) is 20.7. The Hall–Kier alpha value is -1.64. The minimum absolute atomic E-state index is 0.0118. The molecular weight excluding hydrogens is 354 g/mol. The van der Waals surface area contributed by atoms with Crippen LogP contribution in [0.5, 0.6) is 0 Å². The number of ether oxygens (including phenoxy) is 1. The second-order valence-corrected chi connectivity index (χ2v) is 9.24. The van der Waals surface area contributed by atoms with E-state index in [4.69, 9.17) is 4.74 Å². The predicted molar refractivity (Wildman–Crippen MR) is 101 cm³/mol. The first-order valence-corrected chi connectivity index (χ1v) is 10.3. The van der Waals surface area contributed by atoms with Crippen molar-refractivity contribution < 1.29 is 17.9 Å². The van der Waals surface area contributed by atoms with Gasteiger partial charge in [-0.2, -0.15) is 0 Å². The average molecular weight is 384 g/mol. The van der Waals surface area contributed by atoms with Crippen molar-refractivity contribution >= 4 is 16.1 Å². The quantitative estimate of drug-likeness (QED) is 0.836. The Morgan fingerprint density at radius 3 is 2.19 bits per heavy atom. The lowest BCUT2D eigenvalue weighted by Gasteiger charge is -2.33. The zero-order valence-corrected chi connectivity index (χ0v) is 16.8. The summed E-state index contributed by atoms with van der Waals surface area (Å²) >= 11 is 0. The Bertz CT molecular complexity index is 703. The van der Waals surface area contributed by atoms with Gasteiger partial charge in [-0.25, -0.2) is 17.9 Å². The summed E-state index contributed by atoms with van der Waals surface area (Å²) in [4.78, 5) is 15.5. The molecule has 1 amide bonds. The van der Waals surface area contributed by atoms with Gasteiger partial charge in [0, 0.05) is 39.3 Å². The molecule has 1 aliphatic heterocycles. The molecule has 7 nitrogen and oxygen atoms in total. The van der Waals surface area contributed by atoms with Crippen LogP contribution >= 0.6 is 0 Å². The van der Waals surface area contributed by atoms with Gasteiger partial charge in [-0.1, -0.05) is 32.9 Å². The van der Waals surface area contributed by atoms with Gasteiger partial charge in [0.15, 0.2) is 0 Å². The fourth-order valence-corrected chi connectivity index (χ4v) is 3.86. The van der Waals surface area contributed by atoms with Crippen molar-refractivity contribution in [2.24, 2.45) is 0 Å². The molecule has 1 saturated heterocycles. The van der Waals surface area contributed by atoms with Crippen LogP contribution in [-0.4, -0.2) is 70.7 Å². The second kappa shape index (κ2) is 8.37. The predicted octanol–water partition coefficient (Wildman–Crippen LogP) is 1.65. The van der Waals surface area contributed by atoms with E-state index in [0.29, 0.717) is 39.3 Å². The molecule has 1 heterocycles. The summed E-state index contributed by atoms with van der Waals surface area (Å²) in [7, 11) is -2.14. The molecular formula is C18H29N3O4S. The molecule has 1 aliphatic rings. The van der Waals surface area contributed by atoms with Crippen LogP contribution in [0.2, 0.25) is 0 Å². The highest BCUT2D eigenvalue weighted by atomic mass is 32.2. The van der Waals surface area contributed by atoms with Gasteiger partial charge in [0.25, 0.3) is 0 Å². The molecule has 1 fully saturated rings. The van der Waals surface area contributed by atoms with E-state index in [2.05, 4.69) is 30.4 Å². The molecule has 1 aromatic rings. The number of nitrogens with one attached hydrogen (secondary N) is 1. The number of benzene rings is 1. The third kappa shape index (κ3) is 5.43. The Labute approximate surface area is 156 Å². The molecule has 2 rings (SSSR count). The van der Waals surface area contributed by atoms with Crippen molar-refractivity contribution in [1.29, 1.82) is 0 Å². The van der Waals surface area contributed by atoms with Crippen LogP contribution in [0, 0.1) is 0 Å². The molecule has 0 bridgehead atoms. The highest BCUT2D eigenvalue weighted by Crippen LogP contribution is 2.23. The van der Waals surface area contributed by atoms with Crippen molar-refractivity contribution in [2.45, 2.75) is 31.1 Å². The molecule has 0 atom stereocenters. The zero-order chi connectivity index (χ0) is 19.4. The molecule has 0 aromatic heterocycles. The molecule has 26 heavy (non-hydrogen) atoms. The summed E-state index contributed by atoms with van der Waals surface area (Å²) in [6.45, 7) is 9.81. The molecule has 0 saturated carbocycles. The van der Waals surface area contributed by atoms with Gasteiger partial charge >= 0.3 is 6.09 Å². The Morgan fingerprint density at radius 1 is 1.12 bits per heavy atom. The van der Waals surface area contributed by atoms with Gasteiger partial charge < -0.3 is 9.64 Å². The third-order valence-electron chi connectivity index (χ3n) is 4.56. The van der Waals surface area contributed by atoms with E-state index >= 15 is 0 Å². The summed E-state index contributed by atoms with van der Waals surface area (Å²) in [6, 6.07) is 7.03. The van der Waals surface area contributed by atoms with Crippen LogP contribution in [0.1, 0.15) is 26.3 Å². The number of hydrogen-bond acceptors (Lipinski definition) is 5. The summed E-state index contributed by atoms with van der Waals surface area (Å²) in [5.74, 6) is 0. The van der Waals surface area contributed by atoms with E-state index < -0.39 is 10.0 Å². The highest BCUT2D eigenvalue weighted by molar-refractivity contribution is 7.89. The minimum Gasteiger partial charge on any atom is -0.453 e. The largest absolute Gasteiger partial charge is 0.453 e. The van der Waals surface area contributed by atoms with Crippen LogP contribution in [0.25, 0.3) is 0 Å². The molecule has 0 radical (unpaired) electrons. The van der Waals surface area contributed by atoms with Gasteiger partial charge in [0.05, 0.1) is 12.0 Å². The number of nitrogens with zero attached hydrogens (tertiary/aromatic N) is 2. The van der Waals surface area contributed by atoms with Crippen molar-refractivity contribution in [3.05, 3.63) is 29.8 Å². The molecule has 0 aliphatic carbocycles. The Kier molecular flexibility index (Phi) is 6.65. The summed E-state index contributed by atoms with van der Waals surface area (Å²) in [5.41, 5.74) is 1.09. The highest BCUT2D eigenvalue weighted by Gasteiger charge is 2.22. The van der Waals surface area contributed by atoms with Gasteiger partial charge in [0.2, 0.25) is 10.0 Å². The van der Waals surface area contributed by atoms with E-state index in [1.165, 1.54) is 7.11 Å². The third-order valence-corrected chi connectivity index (χ3v) is 6.03. The standard InChI is InChI=1S/C18H29N3O4S/c1-18(2,3)15-5-7-16(8-6-15)26(23,24)19-9-10-20-11-13-21(14-12-20)17(22)25-4/h5-8,19H,9-14H2,1-4H3. The maximum atomic E-state index is 12.4. The molecule has 0 spiro atoms. The molecule has 1 aromatic carbocycles. The SMILES string of the molecule is COC(=O)N1CCN(CCNS(=O)(=O)c2ccc(C(C)(C)C)cc2)CC1. The lowest BCUT2D eigenvalue weighted by Crippen LogP contribution is -2.50. The van der Waals surface area contributed by atoms with Gasteiger partial charge in [0.1, 0.15) is 0 Å². The number of sulfonamides is 1. The number of hydrogen-bond donors (Lipinski definition) is 1. The molecule has 146 valence electrons. The van der Waals surface area contributed by atoms with Crippen molar-refractivity contribution in [3.63, 3.8) is 0 Å². The van der Waals surface area contributed by atoms with Crippen LogP contribution in [0.3, 0.4) is 0 Å². The fraction of sp³-hybridized carbons (Fsp3) is 0.611. The number of carbonyl (C=O) groups is 1. The van der Waals surface area contributed by atoms with Crippen molar-refractivity contribution in [1.82, 2.24) is 14.5 Å². The zero-order valence-electron chi connectivity index (χ0n) is 16.0. The maximum Gasteiger partial charge on any atom is 0.409 e. The van der Waals surface area contributed by atoms with E-state index in [1.54, 1.807) is 17.0 Å². The summed E-state index contributed by atoms with van der Waals surface area (Å²) in [5, 5.41) is 0. The molecule has 1 N–H and O–H groups in total. The monoisotopic (exact) mass is 383 g/mol. The molecule has 0 unspecified atom stereocenters. The average Bonchev–Trinajstić information content (AvgIpc) is 2.61. The number of methoxy groups -OCH3 is 1. The first-order chi connectivity index (χ1) is 12.1. The fourth-order valence-electron chi connectivity index (χ4n) is 2.84. The second-order valence-electron chi connectivity index (χ2n) is 7.47. The van der Waals surface area contributed by atoms with Crippen LogP contribution in [0.15, 0.2) is 29.2 Å². The Morgan fingerprint density at radius 2 is 1.69 bits per heavy atom. The van der Waals surface area contributed by atoms with E-state index in [0.717, 1.165) is 5.56 Å². The molecule has 8 heteroatoms. The van der Waals surface area contributed by atoms with E-state index in [9.17, 15) is 13.2 Å². The van der Waals surface area contributed by atoms with Gasteiger partial charge in [-0.05, 0) is 23.1 Å². The van der Waals surface area contributed by atoms with E-state index in [1.807, 2.05) is 12.1 Å².